The van der Waals surface area contributed by atoms with Crippen LogP contribution in [0.2, 0.25) is 0 Å². The summed E-state index contributed by atoms with van der Waals surface area (Å²) in [5, 5.41) is 15.1. The number of hydrogen-bond acceptors (Lipinski definition) is 6. The van der Waals surface area contributed by atoms with Crippen LogP contribution in [-0.2, 0) is 17.9 Å². The molecular weight excluding hydrogens is 352 g/mol. The molecule has 2 aromatic heterocycles. The summed E-state index contributed by atoms with van der Waals surface area (Å²) in [7, 11) is 0. The van der Waals surface area contributed by atoms with Gasteiger partial charge in [-0.3, -0.25) is 4.79 Å². The summed E-state index contributed by atoms with van der Waals surface area (Å²) in [4.78, 5) is 15.6. The standard InChI is InChI=1S/C19H20N2O4S/c1-13-4-6-15(7-5-13)25-11-18-21-14(12-26-18)10-20-16(9-19(22)23)17-3-2-8-24-17/h2-8,12,16,20H,9-11H2,1H3,(H,22,23). The number of aliphatic carboxylic acids is 1. The third-order valence-electron chi connectivity index (χ3n) is 3.78. The van der Waals surface area contributed by atoms with Gasteiger partial charge in [-0.25, -0.2) is 4.98 Å². The van der Waals surface area contributed by atoms with Crippen LogP contribution in [0.3, 0.4) is 0 Å². The zero-order valence-electron chi connectivity index (χ0n) is 14.3. The van der Waals surface area contributed by atoms with Gasteiger partial charge in [0, 0.05) is 11.9 Å². The van der Waals surface area contributed by atoms with E-state index in [1.54, 1.807) is 12.1 Å². The van der Waals surface area contributed by atoms with Gasteiger partial charge in [-0.1, -0.05) is 17.7 Å². The summed E-state index contributed by atoms with van der Waals surface area (Å²) >= 11 is 1.52. The number of nitrogens with one attached hydrogen (secondary N) is 1. The quantitative estimate of drug-likeness (QED) is 0.592. The number of carboxylic acids is 1. The van der Waals surface area contributed by atoms with E-state index in [1.165, 1.54) is 23.2 Å². The maximum atomic E-state index is 11.0. The molecule has 0 fully saturated rings. The second-order valence-electron chi connectivity index (χ2n) is 5.88. The molecule has 3 rings (SSSR count). The van der Waals surface area contributed by atoms with Gasteiger partial charge in [0.25, 0.3) is 0 Å². The lowest BCUT2D eigenvalue weighted by atomic mass is 10.1. The molecule has 0 amide bonds. The molecule has 0 saturated carbocycles. The normalized spacial score (nSPS) is 12.0. The third-order valence-corrected chi connectivity index (χ3v) is 4.65. The van der Waals surface area contributed by atoms with Crippen LogP contribution < -0.4 is 10.1 Å². The monoisotopic (exact) mass is 372 g/mol. The molecule has 1 aromatic carbocycles. The Morgan fingerprint density at radius 3 is 2.85 bits per heavy atom. The Morgan fingerprint density at radius 2 is 2.15 bits per heavy atom. The van der Waals surface area contributed by atoms with Crippen LogP contribution >= 0.6 is 11.3 Å². The molecule has 0 spiro atoms. The number of furan rings is 1. The van der Waals surface area contributed by atoms with Crippen LogP contribution in [0.25, 0.3) is 0 Å². The summed E-state index contributed by atoms with van der Waals surface area (Å²) in [5.41, 5.74) is 2.03. The fraction of sp³-hybridized carbons (Fsp3) is 0.263. The van der Waals surface area contributed by atoms with E-state index in [9.17, 15) is 4.79 Å². The minimum atomic E-state index is -0.885. The van der Waals surface area contributed by atoms with Gasteiger partial charge >= 0.3 is 5.97 Å². The van der Waals surface area contributed by atoms with Crippen molar-refractivity contribution in [2.45, 2.75) is 32.5 Å². The fourth-order valence-electron chi connectivity index (χ4n) is 2.44. The van der Waals surface area contributed by atoms with E-state index in [0.29, 0.717) is 18.9 Å². The van der Waals surface area contributed by atoms with Gasteiger partial charge in [0.05, 0.1) is 24.4 Å². The molecule has 0 radical (unpaired) electrons. The number of ether oxygens (including phenoxy) is 1. The Balaban J connectivity index is 1.53. The third kappa shape index (κ3) is 5.18. The van der Waals surface area contributed by atoms with Crippen LogP contribution in [0, 0.1) is 6.92 Å². The number of benzene rings is 1. The molecule has 3 aromatic rings. The summed E-state index contributed by atoms with van der Waals surface area (Å²) in [6.07, 6.45) is 1.48. The molecule has 2 N–H and O–H groups in total. The number of carboxylic acid groups (broad SMARTS) is 1. The molecule has 0 aliphatic heterocycles. The highest BCUT2D eigenvalue weighted by Gasteiger charge is 2.18. The van der Waals surface area contributed by atoms with Gasteiger partial charge in [-0.05, 0) is 31.2 Å². The maximum Gasteiger partial charge on any atom is 0.305 e. The lowest BCUT2D eigenvalue weighted by Crippen LogP contribution is -2.23. The first-order valence-corrected chi connectivity index (χ1v) is 9.09. The van der Waals surface area contributed by atoms with Crippen LogP contribution in [0.4, 0.5) is 0 Å². The van der Waals surface area contributed by atoms with E-state index in [-0.39, 0.29) is 6.42 Å². The molecular formula is C19H20N2O4S. The van der Waals surface area contributed by atoms with Gasteiger partial charge in [-0.2, -0.15) is 0 Å². The van der Waals surface area contributed by atoms with E-state index < -0.39 is 12.0 Å². The predicted octanol–water partition coefficient (Wildman–Crippen LogP) is 3.93. The van der Waals surface area contributed by atoms with Gasteiger partial charge in [0.2, 0.25) is 0 Å². The molecule has 1 unspecified atom stereocenters. The number of carbonyl (C=O) groups is 1. The van der Waals surface area contributed by atoms with Crippen molar-refractivity contribution in [2.24, 2.45) is 0 Å². The summed E-state index contributed by atoms with van der Waals surface area (Å²) in [6.45, 7) is 2.90. The van der Waals surface area contributed by atoms with E-state index in [0.717, 1.165) is 16.5 Å². The second kappa shape index (κ2) is 8.64. The van der Waals surface area contributed by atoms with E-state index >= 15 is 0 Å². The maximum absolute atomic E-state index is 11.0. The molecule has 2 heterocycles. The number of thiazole rings is 1. The number of aromatic nitrogens is 1. The summed E-state index contributed by atoms with van der Waals surface area (Å²) in [5.74, 6) is 0.528. The largest absolute Gasteiger partial charge is 0.486 e. The van der Waals surface area contributed by atoms with Gasteiger partial charge in [-0.15, -0.1) is 11.3 Å². The van der Waals surface area contributed by atoms with E-state index in [4.69, 9.17) is 14.3 Å². The molecule has 6 nitrogen and oxygen atoms in total. The molecule has 0 bridgehead atoms. The Kier molecular flexibility index (Phi) is 6.04. The lowest BCUT2D eigenvalue weighted by Gasteiger charge is -2.13. The number of rotatable bonds is 9. The zero-order valence-corrected chi connectivity index (χ0v) is 15.2. The molecule has 0 aliphatic rings. The summed E-state index contributed by atoms with van der Waals surface area (Å²) < 4.78 is 11.1. The van der Waals surface area contributed by atoms with Crippen LogP contribution in [0.5, 0.6) is 5.75 Å². The average Bonchev–Trinajstić information content (AvgIpc) is 3.30. The molecule has 0 aliphatic carbocycles. The van der Waals surface area contributed by atoms with Gasteiger partial charge in [0.1, 0.15) is 23.1 Å². The highest BCUT2D eigenvalue weighted by atomic mass is 32.1. The molecule has 7 heteroatoms. The molecule has 1 atom stereocenters. The number of aryl methyl sites for hydroxylation is 1. The zero-order chi connectivity index (χ0) is 18.4. The van der Waals surface area contributed by atoms with Crippen molar-refractivity contribution in [3.05, 3.63) is 70.1 Å². The Hall–Kier alpha value is -2.64. The first kappa shape index (κ1) is 18.2. The minimum Gasteiger partial charge on any atom is -0.486 e. The predicted molar refractivity (Wildman–Crippen MR) is 98.2 cm³/mol. The van der Waals surface area contributed by atoms with Crippen molar-refractivity contribution >= 4 is 17.3 Å². The van der Waals surface area contributed by atoms with E-state index in [2.05, 4.69) is 10.3 Å². The first-order chi connectivity index (χ1) is 12.6. The summed E-state index contributed by atoms with van der Waals surface area (Å²) in [6, 6.07) is 11.0. The smallest absolute Gasteiger partial charge is 0.305 e. The van der Waals surface area contributed by atoms with Crippen molar-refractivity contribution in [1.82, 2.24) is 10.3 Å². The highest BCUT2D eigenvalue weighted by Crippen LogP contribution is 2.19. The highest BCUT2D eigenvalue weighted by molar-refractivity contribution is 7.09. The molecule has 0 saturated heterocycles. The van der Waals surface area contributed by atoms with Gasteiger partial charge in [0.15, 0.2) is 0 Å². The Labute approximate surface area is 155 Å². The number of nitrogens with zero attached hydrogens (tertiary/aromatic N) is 1. The SMILES string of the molecule is Cc1ccc(OCc2nc(CNC(CC(=O)O)c3ccco3)cs2)cc1. The average molecular weight is 372 g/mol. The van der Waals surface area contributed by atoms with Crippen molar-refractivity contribution in [3.8, 4) is 5.75 Å². The van der Waals surface area contributed by atoms with Crippen LogP contribution in [-0.4, -0.2) is 16.1 Å². The van der Waals surface area contributed by atoms with Gasteiger partial charge < -0.3 is 19.6 Å². The lowest BCUT2D eigenvalue weighted by molar-refractivity contribution is -0.137. The van der Waals surface area contributed by atoms with Crippen molar-refractivity contribution in [1.29, 1.82) is 0 Å². The second-order valence-corrected chi connectivity index (χ2v) is 6.82. The minimum absolute atomic E-state index is 0.0545. The Bertz CT molecular complexity index is 828. The van der Waals surface area contributed by atoms with E-state index in [1.807, 2.05) is 36.6 Å². The fourth-order valence-corrected chi connectivity index (χ4v) is 3.15. The van der Waals surface area contributed by atoms with Crippen LogP contribution in [0.1, 0.15) is 34.5 Å². The molecule has 136 valence electrons. The Morgan fingerprint density at radius 1 is 1.35 bits per heavy atom. The topological polar surface area (TPSA) is 84.6 Å². The van der Waals surface area contributed by atoms with Crippen LogP contribution in [0.15, 0.2) is 52.5 Å². The van der Waals surface area contributed by atoms with Crippen molar-refractivity contribution in [2.75, 3.05) is 0 Å². The first-order valence-electron chi connectivity index (χ1n) is 8.21. The molecule has 26 heavy (non-hydrogen) atoms. The van der Waals surface area contributed by atoms with Crippen molar-refractivity contribution < 1.29 is 19.1 Å². The number of hydrogen-bond donors (Lipinski definition) is 2. The van der Waals surface area contributed by atoms with Crippen molar-refractivity contribution in [3.63, 3.8) is 0 Å².